The van der Waals surface area contributed by atoms with E-state index in [0.717, 1.165) is 5.75 Å². The number of aliphatic carboxylic acids is 1. The number of alkyl halides is 1. The molecule has 0 aromatic rings. The number of hydrogen-bond donors (Lipinski definition) is 1. The molecule has 0 aromatic carbocycles. The van der Waals surface area contributed by atoms with E-state index in [1.165, 1.54) is 11.8 Å². The highest BCUT2D eigenvalue weighted by Crippen LogP contribution is 2.03. The molecule has 10 heavy (non-hydrogen) atoms. The van der Waals surface area contributed by atoms with Gasteiger partial charge in [-0.15, -0.1) is 0 Å². The van der Waals surface area contributed by atoms with Gasteiger partial charge in [0, 0.05) is 5.75 Å². The van der Waals surface area contributed by atoms with Gasteiger partial charge in [-0.3, -0.25) is 9.18 Å². The highest BCUT2D eigenvalue weighted by atomic mass is 32.2. The average molecular weight is 166 g/mol. The topological polar surface area (TPSA) is 37.3 Å². The lowest BCUT2D eigenvalue weighted by molar-refractivity contribution is -0.136. The molecule has 0 unspecified atom stereocenters. The summed E-state index contributed by atoms with van der Waals surface area (Å²) in [5.41, 5.74) is 0. The van der Waals surface area contributed by atoms with Crippen LogP contribution in [0.4, 0.5) is 4.39 Å². The fourth-order valence-electron chi connectivity index (χ4n) is 0.418. The van der Waals surface area contributed by atoms with Crippen LogP contribution in [0.2, 0.25) is 0 Å². The van der Waals surface area contributed by atoms with E-state index in [1.807, 2.05) is 0 Å². The molecule has 60 valence electrons. The maximum atomic E-state index is 11.4. The maximum absolute atomic E-state index is 11.4. The SMILES string of the molecule is O=C(O)CCSCCCF. The second kappa shape index (κ2) is 6.86. The van der Waals surface area contributed by atoms with E-state index in [-0.39, 0.29) is 13.1 Å². The third kappa shape index (κ3) is 7.75. The van der Waals surface area contributed by atoms with Gasteiger partial charge in [0.1, 0.15) is 0 Å². The Hall–Kier alpha value is -0.250. The van der Waals surface area contributed by atoms with Crippen LogP contribution in [0.15, 0.2) is 0 Å². The molecule has 0 heterocycles. The minimum atomic E-state index is -0.784. The molecule has 0 radical (unpaired) electrons. The minimum absolute atomic E-state index is 0.178. The Morgan fingerprint density at radius 1 is 1.50 bits per heavy atom. The van der Waals surface area contributed by atoms with Crippen molar-refractivity contribution in [3.05, 3.63) is 0 Å². The molecule has 0 saturated carbocycles. The Morgan fingerprint density at radius 2 is 2.20 bits per heavy atom. The zero-order chi connectivity index (χ0) is 7.82. The Labute approximate surface area is 63.8 Å². The smallest absolute Gasteiger partial charge is 0.304 e. The highest BCUT2D eigenvalue weighted by molar-refractivity contribution is 7.99. The fraction of sp³-hybridized carbons (Fsp3) is 0.833. The molecular formula is C6H11FO2S. The van der Waals surface area contributed by atoms with Gasteiger partial charge in [-0.25, -0.2) is 0 Å². The van der Waals surface area contributed by atoms with Gasteiger partial charge in [0.05, 0.1) is 13.1 Å². The van der Waals surface area contributed by atoms with Crippen LogP contribution < -0.4 is 0 Å². The predicted molar refractivity (Wildman–Crippen MR) is 40.2 cm³/mol. The summed E-state index contributed by atoms with van der Waals surface area (Å²) >= 11 is 1.49. The first-order chi connectivity index (χ1) is 4.77. The summed E-state index contributed by atoms with van der Waals surface area (Å²) in [6.45, 7) is -0.305. The molecule has 0 atom stereocenters. The number of hydrogen-bond acceptors (Lipinski definition) is 2. The second-order valence-corrected chi connectivity index (χ2v) is 3.02. The van der Waals surface area contributed by atoms with Crippen LogP contribution in [0, 0.1) is 0 Å². The van der Waals surface area contributed by atoms with E-state index in [2.05, 4.69) is 0 Å². The van der Waals surface area contributed by atoms with Gasteiger partial charge in [-0.2, -0.15) is 11.8 Å². The summed E-state index contributed by atoms with van der Waals surface area (Å²) in [7, 11) is 0. The summed E-state index contributed by atoms with van der Waals surface area (Å²) < 4.78 is 11.4. The molecule has 4 heteroatoms. The van der Waals surface area contributed by atoms with Gasteiger partial charge in [0.2, 0.25) is 0 Å². The first kappa shape index (κ1) is 9.75. The molecule has 0 amide bonds. The predicted octanol–water partition coefficient (Wildman–Crippen LogP) is 1.55. The van der Waals surface area contributed by atoms with Crippen LogP contribution in [-0.2, 0) is 4.79 Å². The molecule has 0 aliphatic heterocycles. The van der Waals surface area contributed by atoms with E-state index >= 15 is 0 Å². The number of carboxylic acid groups (broad SMARTS) is 1. The van der Waals surface area contributed by atoms with Crippen LogP contribution >= 0.6 is 11.8 Å². The zero-order valence-electron chi connectivity index (χ0n) is 5.68. The molecule has 0 saturated heterocycles. The van der Waals surface area contributed by atoms with Crippen molar-refractivity contribution in [1.29, 1.82) is 0 Å². The lowest BCUT2D eigenvalue weighted by atomic mass is 10.5. The third-order valence-corrected chi connectivity index (χ3v) is 1.95. The molecule has 0 fully saturated rings. The van der Waals surface area contributed by atoms with Crippen molar-refractivity contribution in [2.24, 2.45) is 0 Å². The van der Waals surface area contributed by atoms with Gasteiger partial charge in [0.15, 0.2) is 0 Å². The van der Waals surface area contributed by atoms with E-state index in [4.69, 9.17) is 5.11 Å². The summed E-state index contributed by atoms with van der Waals surface area (Å²) in [6, 6.07) is 0. The number of thioether (sulfide) groups is 1. The fourth-order valence-corrected chi connectivity index (χ4v) is 1.25. The van der Waals surface area contributed by atoms with Gasteiger partial charge < -0.3 is 5.11 Å². The third-order valence-electron chi connectivity index (χ3n) is 0.883. The van der Waals surface area contributed by atoms with Crippen LogP contribution in [0.3, 0.4) is 0 Å². The molecule has 0 aliphatic carbocycles. The maximum Gasteiger partial charge on any atom is 0.304 e. The van der Waals surface area contributed by atoms with Crippen molar-refractivity contribution in [3.8, 4) is 0 Å². The standard InChI is InChI=1S/C6H11FO2S/c7-3-1-4-10-5-2-6(8)9/h1-5H2,(H,8,9). The van der Waals surface area contributed by atoms with Gasteiger partial charge in [-0.1, -0.05) is 0 Å². The van der Waals surface area contributed by atoms with Gasteiger partial charge in [0.25, 0.3) is 0 Å². The monoisotopic (exact) mass is 166 g/mol. The summed E-state index contributed by atoms with van der Waals surface area (Å²) in [4.78, 5) is 9.94. The van der Waals surface area contributed by atoms with Crippen molar-refractivity contribution in [3.63, 3.8) is 0 Å². The van der Waals surface area contributed by atoms with Gasteiger partial charge >= 0.3 is 5.97 Å². The highest BCUT2D eigenvalue weighted by Gasteiger charge is 1.95. The van der Waals surface area contributed by atoms with Crippen LogP contribution in [0.1, 0.15) is 12.8 Å². The molecule has 0 rings (SSSR count). The van der Waals surface area contributed by atoms with Crippen molar-refractivity contribution in [1.82, 2.24) is 0 Å². The van der Waals surface area contributed by atoms with E-state index < -0.39 is 5.97 Å². The first-order valence-corrected chi connectivity index (χ1v) is 4.28. The molecule has 0 spiro atoms. The second-order valence-electron chi connectivity index (χ2n) is 1.80. The molecule has 0 aliphatic rings. The Morgan fingerprint density at radius 3 is 2.70 bits per heavy atom. The molecule has 0 bridgehead atoms. The van der Waals surface area contributed by atoms with Gasteiger partial charge in [-0.05, 0) is 12.2 Å². The molecular weight excluding hydrogens is 155 g/mol. The first-order valence-electron chi connectivity index (χ1n) is 3.13. The van der Waals surface area contributed by atoms with Crippen molar-refractivity contribution in [2.45, 2.75) is 12.8 Å². The minimum Gasteiger partial charge on any atom is -0.481 e. The normalized spacial score (nSPS) is 9.70. The largest absolute Gasteiger partial charge is 0.481 e. The van der Waals surface area contributed by atoms with Crippen molar-refractivity contribution >= 4 is 17.7 Å². The Kier molecular flexibility index (Phi) is 6.69. The van der Waals surface area contributed by atoms with Crippen molar-refractivity contribution < 1.29 is 14.3 Å². The number of carboxylic acids is 1. The number of rotatable bonds is 6. The quantitative estimate of drug-likeness (QED) is 0.608. The average Bonchev–Trinajstić information content (AvgIpc) is 1.87. The molecule has 0 aromatic heterocycles. The van der Waals surface area contributed by atoms with E-state index in [1.54, 1.807) is 0 Å². The van der Waals surface area contributed by atoms with E-state index in [0.29, 0.717) is 12.2 Å². The van der Waals surface area contributed by atoms with Crippen LogP contribution in [0.25, 0.3) is 0 Å². The lowest BCUT2D eigenvalue weighted by Crippen LogP contribution is -1.96. The molecule has 1 N–H and O–H groups in total. The Bertz CT molecular complexity index is 97.7. The Balaban J connectivity index is 2.84. The van der Waals surface area contributed by atoms with Crippen molar-refractivity contribution in [2.75, 3.05) is 18.2 Å². The summed E-state index contributed by atoms with van der Waals surface area (Å²) in [5.74, 6) is 0.534. The van der Waals surface area contributed by atoms with Crippen LogP contribution in [-0.4, -0.2) is 29.3 Å². The van der Waals surface area contributed by atoms with E-state index in [9.17, 15) is 9.18 Å². The number of carbonyl (C=O) groups is 1. The number of halogens is 1. The zero-order valence-corrected chi connectivity index (χ0v) is 6.49. The summed E-state index contributed by atoms with van der Waals surface area (Å²) in [5, 5.41) is 8.18. The van der Waals surface area contributed by atoms with Crippen LogP contribution in [0.5, 0.6) is 0 Å². The summed E-state index contributed by atoms with van der Waals surface area (Å²) in [6.07, 6.45) is 0.710. The lowest BCUT2D eigenvalue weighted by Gasteiger charge is -1.94. The molecule has 2 nitrogen and oxygen atoms in total.